The molecule has 0 unspecified atom stereocenters. The lowest BCUT2D eigenvalue weighted by atomic mass is 10.0. The summed E-state index contributed by atoms with van der Waals surface area (Å²) in [6, 6.07) is 12.9. The number of carbonyl (C=O) groups is 1. The van der Waals surface area contributed by atoms with Gasteiger partial charge in [0, 0.05) is 31.7 Å². The number of benzene rings is 2. The molecule has 0 radical (unpaired) electrons. The minimum Gasteiger partial charge on any atom is -0.325 e. The SMILES string of the molecule is Cc1nnc2n1-c1ccc(NC(=O)CN3CCCN(Cc4cccc(F)c4)CC3)cc1CC2. The Kier molecular flexibility index (Phi) is 6.20. The Balaban J connectivity index is 1.16. The fourth-order valence-electron chi connectivity index (χ4n) is 4.85. The maximum atomic E-state index is 13.5. The van der Waals surface area contributed by atoms with E-state index in [1.807, 2.05) is 25.1 Å². The van der Waals surface area contributed by atoms with Gasteiger partial charge in [-0.1, -0.05) is 12.1 Å². The zero-order valence-corrected chi connectivity index (χ0v) is 18.9. The summed E-state index contributed by atoms with van der Waals surface area (Å²) >= 11 is 0. The van der Waals surface area contributed by atoms with E-state index in [1.165, 1.54) is 11.6 Å². The second-order valence-corrected chi connectivity index (χ2v) is 8.93. The van der Waals surface area contributed by atoms with Crippen LogP contribution in [0.1, 0.15) is 29.2 Å². The van der Waals surface area contributed by atoms with Crippen LogP contribution in [-0.2, 0) is 24.2 Å². The number of hydrogen-bond acceptors (Lipinski definition) is 5. The van der Waals surface area contributed by atoms with E-state index < -0.39 is 0 Å². The first-order chi connectivity index (χ1) is 16.0. The Morgan fingerprint density at radius 2 is 1.88 bits per heavy atom. The van der Waals surface area contributed by atoms with Gasteiger partial charge in [-0.2, -0.15) is 0 Å². The molecule has 0 saturated carbocycles. The number of anilines is 1. The van der Waals surface area contributed by atoms with Crippen molar-refractivity contribution in [2.75, 3.05) is 38.0 Å². The van der Waals surface area contributed by atoms with Crippen LogP contribution < -0.4 is 5.32 Å². The number of fused-ring (bicyclic) bond motifs is 3. The zero-order chi connectivity index (χ0) is 22.8. The molecule has 2 aliphatic heterocycles. The highest BCUT2D eigenvalue weighted by atomic mass is 19.1. The fraction of sp³-hybridized carbons (Fsp3) is 0.400. The van der Waals surface area contributed by atoms with Crippen molar-refractivity contribution in [3.05, 3.63) is 71.1 Å². The van der Waals surface area contributed by atoms with E-state index in [2.05, 4.69) is 35.9 Å². The minimum absolute atomic E-state index is 0.00510. The van der Waals surface area contributed by atoms with Gasteiger partial charge in [-0.25, -0.2) is 4.39 Å². The number of aromatic nitrogens is 3. The maximum Gasteiger partial charge on any atom is 0.238 e. The largest absolute Gasteiger partial charge is 0.325 e. The van der Waals surface area contributed by atoms with E-state index in [-0.39, 0.29) is 11.7 Å². The first-order valence-corrected chi connectivity index (χ1v) is 11.6. The molecule has 7 nitrogen and oxygen atoms in total. The second kappa shape index (κ2) is 9.41. The van der Waals surface area contributed by atoms with Crippen LogP contribution in [0.5, 0.6) is 0 Å². The van der Waals surface area contributed by atoms with Crippen LogP contribution in [0.25, 0.3) is 5.69 Å². The molecule has 2 aromatic carbocycles. The molecule has 8 heteroatoms. The summed E-state index contributed by atoms with van der Waals surface area (Å²) in [5.41, 5.74) is 4.12. The number of carbonyl (C=O) groups excluding carboxylic acids is 1. The van der Waals surface area contributed by atoms with Gasteiger partial charge in [0.25, 0.3) is 0 Å². The topological polar surface area (TPSA) is 66.3 Å². The van der Waals surface area contributed by atoms with Crippen molar-refractivity contribution in [1.82, 2.24) is 24.6 Å². The van der Waals surface area contributed by atoms with Crippen molar-refractivity contribution in [1.29, 1.82) is 0 Å². The lowest BCUT2D eigenvalue weighted by Gasteiger charge is -2.22. The van der Waals surface area contributed by atoms with Crippen molar-refractivity contribution in [2.24, 2.45) is 0 Å². The smallest absolute Gasteiger partial charge is 0.238 e. The first-order valence-electron chi connectivity index (χ1n) is 11.6. The number of nitrogens with one attached hydrogen (secondary N) is 1. The Hall–Kier alpha value is -3.10. The van der Waals surface area contributed by atoms with Gasteiger partial charge < -0.3 is 5.32 Å². The van der Waals surface area contributed by atoms with Crippen molar-refractivity contribution < 1.29 is 9.18 Å². The molecule has 5 rings (SSSR count). The third-order valence-corrected chi connectivity index (χ3v) is 6.46. The molecule has 0 aliphatic carbocycles. The van der Waals surface area contributed by atoms with E-state index in [4.69, 9.17) is 0 Å². The summed E-state index contributed by atoms with van der Waals surface area (Å²) in [5, 5.41) is 11.5. The second-order valence-electron chi connectivity index (χ2n) is 8.93. The highest BCUT2D eigenvalue weighted by Crippen LogP contribution is 2.27. The van der Waals surface area contributed by atoms with Crippen molar-refractivity contribution >= 4 is 11.6 Å². The number of amides is 1. The number of halogens is 1. The van der Waals surface area contributed by atoms with E-state index in [1.54, 1.807) is 12.1 Å². The molecule has 3 heterocycles. The molecule has 0 bridgehead atoms. The average Bonchev–Trinajstić information content (AvgIpc) is 3.04. The number of aryl methyl sites for hydroxylation is 3. The summed E-state index contributed by atoms with van der Waals surface area (Å²) in [6.07, 6.45) is 2.73. The van der Waals surface area contributed by atoms with Gasteiger partial charge in [-0.3, -0.25) is 19.2 Å². The quantitative estimate of drug-likeness (QED) is 0.650. The Bertz CT molecular complexity index is 1160. The normalized spacial score (nSPS) is 16.7. The van der Waals surface area contributed by atoms with Gasteiger partial charge in [0.1, 0.15) is 17.5 Å². The zero-order valence-electron chi connectivity index (χ0n) is 18.9. The monoisotopic (exact) mass is 448 g/mol. The summed E-state index contributed by atoms with van der Waals surface area (Å²) in [5.74, 6) is 1.69. The molecular weight excluding hydrogens is 419 g/mol. The lowest BCUT2D eigenvalue weighted by molar-refractivity contribution is -0.117. The Morgan fingerprint density at radius 1 is 1.03 bits per heavy atom. The summed E-state index contributed by atoms with van der Waals surface area (Å²) in [7, 11) is 0. The highest BCUT2D eigenvalue weighted by Gasteiger charge is 2.21. The third-order valence-electron chi connectivity index (χ3n) is 6.46. The van der Waals surface area contributed by atoms with Crippen LogP contribution in [0.2, 0.25) is 0 Å². The van der Waals surface area contributed by atoms with E-state index >= 15 is 0 Å². The molecule has 0 spiro atoms. The molecule has 0 atom stereocenters. The van der Waals surface area contributed by atoms with Crippen molar-refractivity contribution in [2.45, 2.75) is 32.7 Å². The van der Waals surface area contributed by atoms with E-state index in [0.717, 1.165) is 80.6 Å². The number of hydrogen-bond donors (Lipinski definition) is 1. The fourth-order valence-corrected chi connectivity index (χ4v) is 4.85. The minimum atomic E-state index is -0.194. The standard InChI is InChI=1S/C25H29FN6O/c1-18-28-29-24-9-6-20-15-22(7-8-23(20)32(18)24)27-25(33)17-31-11-3-10-30(12-13-31)16-19-4-2-5-21(26)14-19/h2,4-5,7-8,14-15H,3,6,9-13,16-17H2,1H3,(H,27,33). The van der Waals surface area contributed by atoms with Gasteiger partial charge in [0.15, 0.2) is 0 Å². The van der Waals surface area contributed by atoms with Gasteiger partial charge >= 0.3 is 0 Å². The predicted octanol–water partition coefficient (Wildman–Crippen LogP) is 2.96. The Morgan fingerprint density at radius 3 is 2.76 bits per heavy atom. The average molecular weight is 449 g/mol. The van der Waals surface area contributed by atoms with Gasteiger partial charge in [-0.05, 0) is 74.3 Å². The molecule has 33 heavy (non-hydrogen) atoms. The van der Waals surface area contributed by atoms with Gasteiger partial charge in [0.05, 0.1) is 12.2 Å². The maximum absolute atomic E-state index is 13.5. The summed E-state index contributed by atoms with van der Waals surface area (Å²) in [4.78, 5) is 17.3. The first kappa shape index (κ1) is 21.7. The molecule has 3 aromatic rings. The molecule has 1 fully saturated rings. The van der Waals surface area contributed by atoms with E-state index in [9.17, 15) is 9.18 Å². The molecule has 1 N–H and O–H groups in total. The molecular formula is C25H29FN6O. The molecule has 172 valence electrons. The highest BCUT2D eigenvalue weighted by molar-refractivity contribution is 5.92. The summed E-state index contributed by atoms with van der Waals surface area (Å²) in [6.45, 7) is 6.59. The Labute approximate surface area is 193 Å². The van der Waals surface area contributed by atoms with Crippen molar-refractivity contribution in [3.8, 4) is 5.69 Å². The number of nitrogens with zero attached hydrogens (tertiary/aromatic N) is 5. The predicted molar refractivity (Wildman–Crippen MR) is 125 cm³/mol. The van der Waals surface area contributed by atoms with Gasteiger partial charge in [0.2, 0.25) is 5.91 Å². The molecule has 1 saturated heterocycles. The van der Waals surface area contributed by atoms with Crippen LogP contribution in [0, 0.1) is 12.7 Å². The molecule has 2 aliphatic rings. The summed E-state index contributed by atoms with van der Waals surface area (Å²) < 4.78 is 15.6. The van der Waals surface area contributed by atoms with Crippen LogP contribution >= 0.6 is 0 Å². The van der Waals surface area contributed by atoms with Crippen LogP contribution in [0.4, 0.5) is 10.1 Å². The van der Waals surface area contributed by atoms with Crippen LogP contribution in [0.15, 0.2) is 42.5 Å². The third kappa shape index (κ3) is 4.96. The van der Waals surface area contributed by atoms with Crippen LogP contribution in [-0.4, -0.2) is 63.2 Å². The number of rotatable bonds is 5. The molecule has 1 amide bonds. The van der Waals surface area contributed by atoms with E-state index in [0.29, 0.717) is 6.54 Å². The van der Waals surface area contributed by atoms with Crippen LogP contribution in [0.3, 0.4) is 0 Å². The lowest BCUT2D eigenvalue weighted by Crippen LogP contribution is -2.36. The van der Waals surface area contributed by atoms with Gasteiger partial charge in [-0.15, -0.1) is 10.2 Å². The van der Waals surface area contributed by atoms with Crippen molar-refractivity contribution in [3.63, 3.8) is 0 Å². The molecule has 1 aromatic heterocycles.